The molecule has 37 heavy (non-hydrogen) atoms. The summed E-state index contributed by atoms with van der Waals surface area (Å²) in [6.07, 6.45) is 1.69. The number of primary amides is 1. The van der Waals surface area contributed by atoms with Gasteiger partial charge in [0.05, 0.1) is 16.6 Å². The first-order valence-electron chi connectivity index (χ1n) is 11.4. The number of benzene rings is 3. The van der Waals surface area contributed by atoms with E-state index < -0.39 is 5.91 Å². The predicted molar refractivity (Wildman–Crippen MR) is 139 cm³/mol. The number of imidazole rings is 1. The number of aromatic nitrogens is 3. The molecule has 0 aliphatic carbocycles. The summed E-state index contributed by atoms with van der Waals surface area (Å²) in [5, 5.41) is 0. The molecule has 9 nitrogen and oxygen atoms in total. The molecule has 3 aromatic carbocycles. The Hall–Kier alpha value is -5.18. The predicted octanol–water partition coefficient (Wildman–Crippen LogP) is 5.01. The van der Waals surface area contributed by atoms with E-state index in [4.69, 9.17) is 15.2 Å². The molecule has 2 aromatic heterocycles. The highest BCUT2D eigenvalue weighted by atomic mass is 16.5. The largest absolute Gasteiger partial charge is 0.453 e. The van der Waals surface area contributed by atoms with Gasteiger partial charge in [-0.25, -0.2) is 4.98 Å². The van der Waals surface area contributed by atoms with Crippen LogP contribution in [0.15, 0.2) is 85.1 Å². The van der Waals surface area contributed by atoms with Crippen molar-refractivity contribution in [3.63, 3.8) is 0 Å². The summed E-state index contributed by atoms with van der Waals surface area (Å²) >= 11 is 0. The van der Waals surface area contributed by atoms with E-state index in [0.717, 1.165) is 0 Å². The number of ether oxygens (including phenoxy) is 2. The highest BCUT2D eigenvalue weighted by Gasteiger charge is 2.17. The molecule has 0 aliphatic heterocycles. The van der Waals surface area contributed by atoms with E-state index in [0.29, 0.717) is 45.4 Å². The average Bonchev–Trinajstić information content (AvgIpc) is 3.32. The van der Waals surface area contributed by atoms with Crippen LogP contribution in [0, 0.1) is 0 Å². The Bertz CT molecular complexity index is 1590. The molecule has 0 spiro atoms. The first-order chi connectivity index (χ1) is 17.9. The van der Waals surface area contributed by atoms with E-state index in [-0.39, 0.29) is 17.2 Å². The van der Waals surface area contributed by atoms with Crippen molar-refractivity contribution in [2.45, 2.75) is 0 Å². The standard InChI is InChI=1S/C28H23N5O4/c1-33(2)28(35)17-10-12-18(13-11-17)36-24-15-21-22(32-27(31-21)20-8-5-6-14-30-20)16-25(24)37-23-9-4-3-7-19(23)26(29)34/h3-16H,1-2H3,(H2,29,34)(H,31,32). The minimum absolute atomic E-state index is 0.112. The van der Waals surface area contributed by atoms with Crippen LogP contribution >= 0.6 is 0 Å². The molecule has 0 saturated heterocycles. The normalized spacial score (nSPS) is 10.8. The van der Waals surface area contributed by atoms with Gasteiger partial charge in [0.1, 0.15) is 17.2 Å². The third kappa shape index (κ3) is 4.96. The van der Waals surface area contributed by atoms with Crippen LogP contribution in [0.3, 0.4) is 0 Å². The third-order valence-corrected chi connectivity index (χ3v) is 5.56. The van der Waals surface area contributed by atoms with Crippen molar-refractivity contribution in [2.75, 3.05) is 14.1 Å². The Morgan fingerprint density at radius 3 is 2.30 bits per heavy atom. The number of carbonyl (C=O) groups excluding carboxylic acids is 2. The van der Waals surface area contributed by atoms with E-state index in [1.807, 2.05) is 18.2 Å². The van der Waals surface area contributed by atoms with E-state index in [1.165, 1.54) is 4.90 Å². The lowest BCUT2D eigenvalue weighted by Crippen LogP contribution is -2.21. The van der Waals surface area contributed by atoms with Crippen LogP contribution < -0.4 is 15.2 Å². The van der Waals surface area contributed by atoms with Gasteiger partial charge in [-0.3, -0.25) is 14.6 Å². The SMILES string of the molecule is CN(C)C(=O)c1ccc(Oc2cc3[nH]c(-c4ccccn4)nc3cc2Oc2ccccc2C(N)=O)cc1. The van der Waals surface area contributed by atoms with Crippen LogP contribution in [-0.4, -0.2) is 45.8 Å². The molecule has 5 rings (SSSR count). The van der Waals surface area contributed by atoms with Crippen LogP contribution in [0.1, 0.15) is 20.7 Å². The molecule has 9 heteroatoms. The summed E-state index contributed by atoms with van der Waals surface area (Å²) in [6, 6.07) is 22.5. The summed E-state index contributed by atoms with van der Waals surface area (Å²) in [4.78, 5) is 38.0. The maximum Gasteiger partial charge on any atom is 0.253 e. The van der Waals surface area contributed by atoms with E-state index >= 15 is 0 Å². The lowest BCUT2D eigenvalue weighted by atomic mass is 10.2. The fraction of sp³-hybridized carbons (Fsp3) is 0.0714. The molecule has 5 aromatic rings. The average molecular weight is 494 g/mol. The van der Waals surface area contributed by atoms with Crippen molar-refractivity contribution in [1.29, 1.82) is 0 Å². The van der Waals surface area contributed by atoms with Crippen molar-refractivity contribution in [1.82, 2.24) is 19.9 Å². The molecule has 0 saturated carbocycles. The molecule has 0 unspecified atom stereocenters. The number of amides is 2. The Kier molecular flexibility index (Phi) is 6.25. The number of hydrogen-bond donors (Lipinski definition) is 2. The first-order valence-corrected chi connectivity index (χ1v) is 11.4. The number of nitrogens with one attached hydrogen (secondary N) is 1. The summed E-state index contributed by atoms with van der Waals surface area (Å²) in [5.41, 5.74) is 8.31. The van der Waals surface area contributed by atoms with E-state index in [9.17, 15) is 9.59 Å². The second-order valence-corrected chi connectivity index (χ2v) is 8.40. The Labute approximate surface area is 212 Å². The fourth-order valence-corrected chi connectivity index (χ4v) is 3.73. The monoisotopic (exact) mass is 493 g/mol. The number of nitrogens with two attached hydrogens (primary N) is 1. The molecule has 2 heterocycles. The molecule has 0 radical (unpaired) electrons. The van der Waals surface area contributed by atoms with E-state index in [2.05, 4.69) is 15.0 Å². The van der Waals surface area contributed by atoms with Crippen molar-refractivity contribution < 1.29 is 19.1 Å². The first kappa shape index (κ1) is 23.6. The molecule has 0 fully saturated rings. The fourth-order valence-electron chi connectivity index (χ4n) is 3.73. The minimum atomic E-state index is -0.613. The van der Waals surface area contributed by atoms with Crippen molar-refractivity contribution >= 4 is 22.8 Å². The van der Waals surface area contributed by atoms with Crippen LogP contribution in [0.5, 0.6) is 23.0 Å². The molecular formula is C28H23N5O4. The molecule has 0 aliphatic rings. The number of pyridine rings is 1. The third-order valence-electron chi connectivity index (χ3n) is 5.56. The van der Waals surface area contributed by atoms with Crippen molar-refractivity contribution in [3.8, 4) is 34.5 Å². The highest BCUT2D eigenvalue weighted by Crippen LogP contribution is 2.39. The molecule has 0 bridgehead atoms. The Balaban J connectivity index is 1.56. The number of fused-ring (bicyclic) bond motifs is 1. The number of nitrogens with zero attached hydrogens (tertiary/aromatic N) is 3. The van der Waals surface area contributed by atoms with Gasteiger partial charge < -0.3 is 25.1 Å². The topological polar surface area (TPSA) is 123 Å². The number of rotatable bonds is 7. The zero-order valence-corrected chi connectivity index (χ0v) is 20.1. The summed E-state index contributed by atoms with van der Waals surface area (Å²) < 4.78 is 12.3. The highest BCUT2D eigenvalue weighted by molar-refractivity contribution is 5.96. The van der Waals surface area contributed by atoms with Gasteiger partial charge in [0, 0.05) is 38.0 Å². The lowest BCUT2D eigenvalue weighted by molar-refractivity contribution is 0.0827. The van der Waals surface area contributed by atoms with E-state index in [1.54, 1.807) is 81.0 Å². The number of H-pyrrole nitrogens is 1. The van der Waals surface area contributed by atoms with Gasteiger partial charge in [-0.2, -0.15) is 0 Å². The zero-order valence-electron chi connectivity index (χ0n) is 20.1. The van der Waals surface area contributed by atoms with Gasteiger partial charge in [0.25, 0.3) is 11.8 Å². The van der Waals surface area contributed by atoms with Crippen LogP contribution in [0.2, 0.25) is 0 Å². The molecule has 0 atom stereocenters. The van der Waals surface area contributed by atoms with Gasteiger partial charge in [-0.1, -0.05) is 18.2 Å². The Morgan fingerprint density at radius 2 is 1.59 bits per heavy atom. The van der Waals surface area contributed by atoms with Crippen LogP contribution in [0.4, 0.5) is 0 Å². The lowest BCUT2D eigenvalue weighted by Gasteiger charge is -2.15. The van der Waals surface area contributed by atoms with Gasteiger partial charge in [0.2, 0.25) is 0 Å². The number of carbonyl (C=O) groups is 2. The second-order valence-electron chi connectivity index (χ2n) is 8.40. The van der Waals surface area contributed by atoms with Crippen LogP contribution in [-0.2, 0) is 0 Å². The molecule has 2 amide bonds. The Morgan fingerprint density at radius 1 is 0.865 bits per heavy atom. The number of para-hydroxylation sites is 1. The van der Waals surface area contributed by atoms with Gasteiger partial charge in [-0.05, 0) is 48.5 Å². The smallest absolute Gasteiger partial charge is 0.253 e. The van der Waals surface area contributed by atoms with Crippen molar-refractivity contribution in [2.24, 2.45) is 5.73 Å². The van der Waals surface area contributed by atoms with Gasteiger partial charge >= 0.3 is 0 Å². The quantitative estimate of drug-likeness (QED) is 0.328. The second kappa shape index (κ2) is 9.82. The van der Waals surface area contributed by atoms with Crippen molar-refractivity contribution in [3.05, 3.63) is 96.2 Å². The van der Waals surface area contributed by atoms with Crippen LogP contribution in [0.25, 0.3) is 22.6 Å². The molecular weight excluding hydrogens is 470 g/mol. The van der Waals surface area contributed by atoms with Gasteiger partial charge in [-0.15, -0.1) is 0 Å². The molecule has 184 valence electrons. The summed E-state index contributed by atoms with van der Waals surface area (Å²) in [6.45, 7) is 0. The minimum Gasteiger partial charge on any atom is -0.453 e. The number of aromatic amines is 1. The summed E-state index contributed by atoms with van der Waals surface area (Å²) in [5.74, 6) is 1.34. The maximum absolute atomic E-state index is 12.2. The maximum atomic E-state index is 12.2. The zero-order chi connectivity index (χ0) is 25.9. The number of hydrogen-bond acceptors (Lipinski definition) is 6. The molecule has 3 N–H and O–H groups in total. The summed E-state index contributed by atoms with van der Waals surface area (Å²) in [7, 11) is 3.39. The van der Waals surface area contributed by atoms with Gasteiger partial charge in [0.15, 0.2) is 17.3 Å².